The Morgan fingerprint density at radius 1 is 1.31 bits per heavy atom. The lowest BCUT2D eigenvalue weighted by Crippen LogP contribution is -2.50. The molecule has 0 spiro atoms. The van der Waals surface area contributed by atoms with Crippen molar-refractivity contribution in [3.63, 3.8) is 0 Å². The maximum absolute atomic E-state index is 11.6. The number of rotatable bonds is 5. The van der Waals surface area contributed by atoms with Crippen molar-refractivity contribution in [1.82, 2.24) is 10.6 Å². The van der Waals surface area contributed by atoms with Gasteiger partial charge in [0.15, 0.2) is 0 Å². The van der Waals surface area contributed by atoms with Crippen LogP contribution in [0.4, 0.5) is 0 Å². The molecule has 5 nitrogen and oxygen atoms in total. The zero-order chi connectivity index (χ0) is 12.9. The van der Waals surface area contributed by atoms with Crippen LogP contribution in [0.1, 0.15) is 34.1 Å². The zero-order valence-electron chi connectivity index (χ0n) is 10.6. The second-order valence-corrected chi connectivity index (χ2v) is 5.04. The number of hydrogen-bond acceptors (Lipinski definition) is 3. The van der Waals surface area contributed by atoms with Crippen molar-refractivity contribution >= 4 is 11.9 Å². The topological polar surface area (TPSA) is 78.4 Å². The van der Waals surface area contributed by atoms with Crippen molar-refractivity contribution < 1.29 is 14.7 Å². The summed E-state index contributed by atoms with van der Waals surface area (Å²) < 4.78 is 0. The van der Waals surface area contributed by atoms with Gasteiger partial charge in [0.05, 0.1) is 12.5 Å². The molecule has 1 amide bonds. The fourth-order valence-electron chi connectivity index (χ4n) is 1.18. The first-order valence-corrected chi connectivity index (χ1v) is 5.38. The Morgan fingerprint density at radius 2 is 1.81 bits per heavy atom. The van der Waals surface area contributed by atoms with Crippen LogP contribution >= 0.6 is 0 Å². The van der Waals surface area contributed by atoms with Crippen LogP contribution in [0.5, 0.6) is 0 Å². The molecule has 0 aliphatic heterocycles. The van der Waals surface area contributed by atoms with E-state index < -0.39 is 5.97 Å². The number of carbonyl (C=O) groups is 2. The van der Waals surface area contributed by atoms with E-state index in [1.165, 1.54) is 0 Å². The molecule has 0 saturated carbocycles. The average molecular weight is 230 g/mol. The third kappa shape index (κ3) is 5.11. The van der Waals surface area contributed by atoms with Crippen molar-refractivity contribution in [2.75, 3.05) is 7.05 Å². The first kappa shape index (κ1) is 14.9. The monoisotopic (exact) mass is 230 g/mol. The maximum atomic E-state index is 11.6. The highest BCUT2D eigenvalue weighted by atomic mass is 16.4. The summed E-state index contributed by atoms with van der Waals surface area (Å²) in [6, 6.07) is -0.688. The van der Waals surface area contributed by atoms with E-state index in [4.69, 9.17) is 5.11 Å². The lowest BCUT2D eigenvalue weighted by atomic mass is 9.84. The molecule has 0 radical (unpaired) electrons. The van der Waals surface area contributed by atoms with Crippen LogP contribution in [0.2, 0.25) is 0 Å². The lowest BCUT2D eigenvalue weighted by Gasteiger charge is -2.31. The number of likely N-dealkylation sites (N-methyl/N-ethyl adjacent to an activating group) is 1. The quantitative estimate of drug-likeness (QED) is 0.646. The van der Waals surface area contributed by atoms with Crippen LogP contribution in [-0.2, 0) is 9.59 Å². The Balaban J connectivity index is 4.56. The van der Waals surface area contributed by atoms with Crippen molar-refractivity contribution in [3.05, 3.63) is 0 Å². The Kier molecular flexibility index (Phi) is 5.44. The third-order valence-corrected chi connectivity index (χ3v) is 2.57. The number of hydrogen-bond donors (Lipinski definition) is 3. The Morgan fingerprint density at radius 3 is 2.12 bits per heavy atom. The molecule has 94 valence electrons. The summed E-state index contributed by atoms with van der Waals surface area (Å²) in [4.78, 5) is 22.4. The molecule has 2 atom stereocenters. The van der Waals surface area contributed by atoms with Gasteiger partial charge in [-0.15, -0.1) is 0 Å². The molecule has 0 bridgehead atoms. The van der Waals surface area contributed by atoms with E-state index in [9.17, 15) is 9.59 Å². The summed E-state index contributed by atoms with van der Waals surface area (Å²) >= 11 is 0. The summed E-state index contributed by atoms with van der Waals surface area (Å²) in [5, 5.41) is 14.4. The molecule has 0 heterocycles. The number of amides is 1. The van der Waals surface area contributed by atoms with Gasteiger partial charge >= 0.3 is 5.97 Å². The second kappa shape index (κ2) is 5.84. The van der Waals surface area contributed by atoms with Crippen LogP contribution in [0.15, 0.2) is 0 Å². The molecule has 16 heavy (non-hydrogen) atoms. The minimum atomic E-state index is -0.905. The molecule has 0 saturated heterocycles. The van der Waals surface area contributed by atoms with Gasteiger partial charge in [-0.25, -0.2) is 0 Å². The highest BCUT2D eigenvalue weighted by Gasteiger charge is 2.29. The Labute approximate surface area is 96.6 Å². The predicted octanol–water partition coefficient (Wildman–Crippen LogP) is 0.600. The van der Waals surface area contributed by atoms with E-state index >= 15 is 0 Å². The fourth-order valence-corrected chi connectivity index (χ4v) is 1.18. The van der Waals surface area contributed by atoms with Crippen LogP contribution in [-0.4, -0.2) is 36.1 Å². The summed E-state index contributed by atoms with van der Waals surface area (Å²) in [7, 11) is 1.69. The Hall–Kier alpha value is -1.10. The SMILES string of the molecule is CNC(C)C(=O)NC(CC(=O)O)C(C)(C)C. The lowest BCUT2D eigenvalue weighted by molar-refractivity contribution is -0.138. The van der Waals surface area contributed by atoms with Crippen LogP contribution in [0, 0.1) is 5.41 Å². The third-order valence-electron chi connectivity index (χ3n) is 2.57. The van der Waals surface area contributed by atoms with Gasteiger partial charge in [-0.05, 0) is 19.4 Å². The van der Waals surface area contributed by atoms with Gasteiger partial charge in [0, 0.05) is 6.04 Å². The minimum Gasteiger partial charge on any atom is -0.481 e. The van der Waals surface area contributed by atoms with E-state index in [1.807, 2.05) is 20.8 Å². The molecule has 0 rings (SSSR count). The van der Waals surface area contributed by atoms with E-state index in [1.54, 1.807) is 14.0 Å². The number of carboxylic acids is 1. The van der Waals surface area contributed by atoms with Gasteiger partial charge in [-0.3, -0.25) is 9.59 Å². The molecule has 2 unspecified atom stereocenters. The highest BCUT2D eigenvalue weighted by molar-refractivity contribution is 5.82. The molecule has 0 aromatic heterocycles. The van der Waals surface area contributed by atoms with Crippen molar-refractivity contribution in [2.24, 2.45) is 5.41 Å². The van der Waals surface area contributed by atoms with Crippen molar-refractivity contribution in [1.29, 1.82) is 0 Å². The molecular weight excluding hydrogens is 208 g/mol. The first-order valence-electron chi connectivity index (χ1n) is 5.38. The van der Waals surface area contributed by atoms with Crippen LogP contribution in [0.25, 0.3) is 0 Å². The molecule has 0 fully saturated rings. The maximum Gasteiger partial charge on any atom is 0.305 e. The largest absolute Gasteiger partial charge is 0.481 e. The fraction of sp³-hybridized carbons (Fsp3) is 0.818. The first-order chi connectivity index (χ1) is 7.18. The molecule has 0 aliphatic carbocycles. The molecule has 3 N–H and O–H groups in total. The molecule has 5 heteroatoms. The summed E-state index contributed by atoms with van der Waals surface area (Å²) in [6.45, 7) is 7.45. The smallest absolute Gasteiger partial charge is 0.305 e. The molecule has 0 aromatic rings. The van der Waals surface area contributed by atoms with Gasteiger partial charge in [0.1, 0.15) is 0 Å². The van der Waals surface area contributed by atoms with Gasteiger partial charge in [0.2, 0.25) is 5.91 Å². The minimum absolute atomic E-state index is 0.0638. The van der Waals surface area contributed by atoms with Gasteiger partial charge < -0.3 is 15.7 Å². The number of carbonyl (C=O) groups excluding carboxylic acids is 1. The average Bonchev–Trinajstić information content (AvgIpc) is 2.13. The summed E-state index contributed by atoms with van der Waals surface area (Å²) in [6.07, 6.45) is -0.0638. The summed E-state index contributed by atoms with van der Waals surface area (Å²) in [5.41, 5.74) is -0.276. The van der Waals surface area contributed by atoms with Crippen LogP contribution in [0.3, 0.4) is 0 Å². The predicted molar refractivity (Wildman–Crippen MR) is 62.2 cm³/mol. The highest BCUT2D eigenvalue weighted by Crippen LogP contribution is 2.21. The number of carboxylic acid groups (broad SMARTS) is 1. The van der Waals surface area contributed by atoms with E-state index in [0.717, 1.165) is 0 Å². The normalized spacial score (nSPS) is 15.3. The van der Waals surface area contributed by atoms with E-state index in [2.05, 4.69) is 10.6 Å². The zero-order valence-corrected chi connectivity index (χ0v) is 10.6. The Bertz CT molecular complexity index is 258. The number of aliphatic carboxylic acids is 1. The van der Waals surface area contributed by atoms with E-state index in [-0.39, 0.29) is 29.8 Å². The van der Waals surface area contributed by atoms with Crippen molar-refractivity contribution in [3.8, 4) is 0 Å². The van der Waals surface area contributed by atoms with Gasteiger partial charge in [-0.1, -0.05) is 20.8 Å². The van der Waals surface area contributed by atoms with Gasteiger partial charge in [0.25, 0.3) is 0 Å². The van der Waals surface area contributed by atoms with Crippen LogP contribution < -0.4 is 10.6 Å². The van der Waals surface area contributed by atoms with Gasteiger partial charge in [-0.2, -0.15) is 0 Å². The number of nitrogens with one attached hydrogen (secondary N) is 2. The standard InChI is InChI=1S/C11H22N2O3/c1-7(12-5)10(16)13-8(6-9(14)15)11(2,3)4/h7-8,12H,6H2,1-5H3,(H,13,16)(H,14,15). The molecular formula is C11H22N2O3. The molecule has 0 aliphatic rings. The summed E-state index contributed by atoms with van der Waals surface area (Å²) in [5.74, 6) is -1.08. The second-order valence-electron chi connectivity index (χ2n) is 5.04. The van der Waals surface area contributed by atoms with Crippen molar-refractivity contribution in [2.45, 2.75) is 46.2 Å². The van der Waals surface area contributed by atoms with E-state index in [0.29, 0.717) is 0 Å². The molecule has 0 aromatic carbocycles.